The average Bonchev–Trinajstić information content (AvgIpc) is 2.80. The van der Waals surface area contributed by atoms with E-state index < -0.39 is 17.2 Å². The quantitative estimate of drug-likeness (QED) is 0.871. The van der Waals surface area contributed by atoms with Crippen molar-refractivity contribution in [2.24, 2.45) is 0 Å². The molecule has 102 valence electrons. The second kappa shape index (κ2) is 5.39. The molecule has 1 N–H and O–H groups in total. The molecule has 0 aromatic carbocycles. The molecule has 0 unspecified atom stereocenters. The van der Waals surface area contributed by atoms with Gasteiger partial charge in [-0.1, -0.05) is 5.16 Å². The van der Waals surface area contributed by atoms with Crippen LogP contribution in [-0.4, -0.2) is 26.7 Å². The van der Waals surface area contributed by atoms with Crippen LogP contribution in [0, 0.1) is 0 Å². The van der Waals surface area contributed by atoms with Gasteiger partial charge in [-0.2, -0.15) is 18.2 Å². The molecule has 2 rings (SSSR count). The number of aromatic nitrogens is 4. The summed E-state index contributed by atoms with van der Waals surface area (Å²) >= 11 is 5.43. The number of halogens is 4. The van der Waals surface area contributed by atoms with Gasteiger partial charge in [-0.15, -0.1) is 0 Å². The summed E-state index contributed by atoms with van der Waals surface area (Å²) in [6.07, 6.45) is -3.03. The van der Waals surface area contributed by atoms with Crippen LogP contribution < -0.4 is 5.32 Å². The molecule has 0 saturated carbocycles. The van der Waals surface area contributed by atoms with Crippen molar-refractivity contribution in [2.75, 3.05) is 11.9 Å². The molecule has 0 radical (unpaired) electrons. The minimum absolute atomic E-state index is 0.0178. The van der Waals surface area contributed by atoms with E-state index in [9.17, 15) is 13.2 Å². The van der Waals surface area contributed by atoms with Crippen LogP contribution in [0.3, 0.4) is 0 Å². The van der Waals surface area contributed by atoms with E-state index in [4.69, 9.17) is 11.6 Å². The highest BCUT2D eigenvalue weighted by molar-refractivity contribution is 6.28. The molecular weight excluding hydrogens is 287 g/mol. The van der Waals surface area contributed by atoms with Crippen LogP contribution >= 0.6 is 11.6 Å². The summed E-state index contributed by atoms with van der Waals surface area (Å²) in [5, 5.41) is 5.76. The van der Waals surface area contributed by atoms with Crippen LogP contribution in [0.25, 0.3) is 0 Å². The summed E-state index contributed by atoms with van der Waals surface area (Å²) in [7, 11) is 0. The monoisotopic (exact) mass is 293 g/mol. The summed E-state index contributed by atoms with van der Waals surface area (Å²) < 4.78 is 42.0. The number of anilines is 1. The van der Waals surface area contributed by atoms with Crippen LogP contribution in [0.4, 0.5) is 19.0 Å². The molecule has 2 aromatic rings. The lowest BCUT2D eigenvalue weighted by molar-refractivity contribution is -0.141. The maximum absolute atomic E-state index is 12.5. The molecule has 0 fully saturated rings. The summed E-state index contributed by atoms with van der Waals surface area (Å²) in [6.45, 7) is 0.282. The zero-order chi connectivity index (χ0) is 13.9. The number of alkyl halides is 3. The van der Waals surface area contributed by atoms with Gasteiger partial charge in [0.2, 0.25) is 11.7 Å². The van der Waals surface area contributed by atoms with Gasteiger partial charge < -0.3 is 9.84 Å². The molecule has 0 amide bonds. The van der Waals surface area contributed by atoms with Gasteiger partial charge in [-0.05, 0) is 11.6 Å². The van der Waals surface area contributed by atoms with Crippen LogP contribution in [0.1, 0.15) is 11.5 Å². The van der Waals surface area contributed by atoms with E-state index in [2.05, 4.69) is 29.9 Å². The Hall–Kier alpha value is -1.90. The Bertz CT molecular complexity index is 545. The second-order valence-corrected chi connectivity index (χ2v) is 3.77. The van der Waals surface area contributed by atoms with E-state index in [-0.39, 0.29) is 12.4 Å². The van der Waals surface area contributed by atoms with Gasteiger partial charge in [0.1, 0.15) is 5.82 Å². The lowest BCUT2D eigenvalue weighted by Crippen LogP contribution is -2.12. The number of hydrogen-bond acceptors (Lipinski definition) is 6. The van der Waals surface area contributed by atoms with Crippen molar-refractivity contribution in [1.29, 1.82) is 0 Å². The summed E-state index contributed by atoms with van der Waals surface area (Å²) in [4.78, 5) is 10.5. The Balaban J connectivity index is 2.02. The number of rotatable bonds is 4. The molecule has 0 aliphatic carbocycles. The van der Waals surface area contributed by atoms with E-state index >= 15 is 0 Å². The Kier molecular flexibility index (Phi) is 3.84. The van der Waals surface area contributed by atoms with E-state index in [1.54, 1.807) is 0 Å². The zero-order valence-electron chi connectivity index (χ0n) is 9.28. The summed E-state index contributed by atoms with van der Waals surface area (Å²) in [5.74, 6) is 0.416. The Morgan fingerprint density at radius 1 is 1.32 bits per heavy atom. The largest absolute Gasteiger partial charge is 0.433 e. The van der Waals surface area contributed by atoms with Gasteiger partial charge in [-0.25, -0.2) is 9.97 Å². The van der Waals surface area contributed by atoms with Crippen LogP contribution in [0.5, 0.6) is 0 Å². The SMILES string of the molecule is FC(F)(F)c1cc(NCCc2ncon2)nc(Cl)n1. The summed E-state index contributed by atoms with van der Waals surface area (Å²) in [6, 6.07) is 0.780. The molecule has 0 spiro atoms. The van der Waals surface area contributed by atoms with Crippen molar-refractivity contribution in [3.05, 3.63) is 29.3 Å². The third-order valence-electron chi connectivity index (χ3n) is 2.05. The smallest absolute Gasteiger partial charge is 0.369 e. The maximum atomic E-state index is 12.5. The van der Waals surface area contributed by atoms with Gasteiger partial charge in [-0.3, -0.25) is 0 Å². The first-order chi connectivity index (χ1) is 8.95. The number of hydrogen-bond donors (Lipinski definition) is 1. The van der Waals surface area contributed by atoms with Gasteiger partial charge >= 0.3 is 6.18 Å². The average molecular weight is 294 g/mol. The molecular formula is C9H7ClF3N5O. The molecule has 0 aliphatic rings. The molecule has 0 aliphatic heterocycles. The minimum atomic E-state index is -4.57. The van der Waals surface area contributed by atoms with Crippen molar-refractivity contribution in [3.8, 4) is 0 Å². The lowest BCUT2D eigenvalue weighted by Gasteiger charge is -2.09. The fraction of sp³-hybridized carbons (Fsp3) is 0.333. The molecule has 2 aromatic heterocycles. The van der Waals surface area contributed by atoms with E-state index in [0.717, 1.165) is 6.07 Å². The van der Waals surface area contributed by atoms with Crippen molar-refractivity contribution < 1.29 is 17.7 Å². The van der Waals surface area contributed by atoms with Crippen molar-refractivity contribution in [3.63, 3.8) is 0 Å². The highest BCUT2D eigenvalue weighted by Gasteiger charge is 2.33. The highest BCUT2D eigenvalue weighted by atomic mass is 35.5. The normalized spacial score (nSPS) is 11.6. The molecule has 6 nitrogen and oxygen atoms in total. The van der Waals surface area contributed by atoms with Crippen molar-refractivity contribution in [1.82, 2.24) is 20.1 Å². The van der Waals surface area contributed by atoms with Crippen LogP contribution in [-0.2, 0) is 12.6 Å². The predicted octanol–water partition coefficient (Wildman–Crippen LogP) is 2.19. The number of nitrogens with one attached hydrogen (secondary N) is 1. The van der Waals surface area contributed by atoms with E-state index in [0.29, 0.717) is 12.2 Å². The van der Waals surface area contributed by atoms with Crippen LogP contribution in [0.2, 0.25) is 5.28 Å². The lowest BCUT2D eigenvalue weighted by atomic mass is 10.3. The first-order valence-electron chi connectivity index (χ1n) is 5.06. The third kappa shape index (κ3) is 3.78. The van der Waals surface area contributed by atoms with E-state index in [1.165, 1.54) is 6.39 Å². The first-order valence-corrected chi connectivity index (χ1v) is 5.44. The Morgan fingerprint density at radius 2 is 2.11 bits per heavy atom. The fourth-order valence-corrected chi connectivity index (χ4v) is 1.44. The first kappa shape index (κ1) is 13.5. The van der Waals surface area contributed by atoms with Gasteiger partial charge in [0.05, 0.1) is 0 Å². The molecule has 0 saturated heterocycles. The predicted molar refractivity (Wildman–Crippen MR) is 58.5 cm³/mol. The Labute approximate surface area is 110 Å². The van der Waals surface area contributed by atoms with Crippen molar-refractivity contribution >= 4 is 17.4 Å². The van der Waals surface area contributed by atoms with E-state index in [1.807, 2.05) is 0 Å². The molecule has 19 heavy (non-hydrogen) atoms. The standard InChI is InChI=1S/C9H7ClF3N5O/c10-8-16-5(9(11,12)13)3-7(17-8)14-2-1-6-15-4-19-18-6/h3-4H,1-2H2,(H,14,16,17). The van der Waals surface area contributed by atoms with Crippen LogP contribution in [0.15, 0.2) is 17.0 Å². The van der Waals surface area contributed by atoms with Gasteiger partial charge in [0.15, 0.2) is 11.5 Å². The Morgan fingerprint density at radius 3 is 2.74 bits per heavy atom. The maximum Gasteiger partial charge on any atom is 0.433 e. The molecule has 0 bridgehead atoms. The molecule has 2 heterocycles. The van der Waals surface area contributed by atoms with Crippen molar-refractivity contribution in [2.45, 2.75) is 12.6 Å². The molecule has 0 atom stereocenters. The molecule has 10 heteroatoms. The highest BCUT2D eigenvalue weighted by Crippen LogP contribution is 2.29. The zero-order valence-corrected chi connectivity index (χ0v) is 10.0. The van der Waals surface area contributed by atoms with Gasteiger partial charge in [0, 0.05) is 19.0 Å². The second-order valence-electron chi connectivity index (χ2n) is 3.43. The van der Waals surface area contributed by atoms with Gasteiger partial charge in [0.25, 0.3) is 0 Å². The number of nitrogens with zero attached hydrogens (tertiary/aromatic N) is 4. The fourth-order valence-electron chi connectivity index (χ4n) is 1.26. The topological polar surface area (TPSA) is 76.7 Å². The minimum Gasteiger partial charge on any atom is -0.369 e. The summed E-state index contributed by atoms with van der Waals surface area (Å²) in [5.41, 5.74) is -1.10. The third-order valence-corrected chi connectivity index (χ3v) is 2.22.